The van der Waals surface area contributed by atoms with Crippen molar-refractivity contribution in [2.45, 2.75) is 6.92 Å². The Kier molecular flexibility index (Phi) is 2.65. The molecule has 0 spiro atoms. The molecule has 0 amide bonds. The fourth-order valence-electron chi connectivity index (χ4n) is 0.737. The van der Waals surface area contributed by atoms with Crippen molar-refractivity contribution in [2.75, 3.05) is 11.9 Å². The van der Waals surface area contributed by atoms with E-state index in [0.29, 0.717) is 12.4 Å². The van der Waals surface area contributed by atoms with E-state index in [-0.39, 0.29) is 11.0 Å². The molecule has 0 aromatic carbocycles. The zero-order valence-electron chi connectivity index (χ0n) is 6.06. The Morgan fingerprint density at radius 1 is 1.64 bits per heavy atom. The van der Waals surface area contributed by atoms with Gasteiger partial charge < -0.3 is 5.32 Å². The van der Waals surface area contributed by atoms with E-state index >= 15 is 0 Å². The number of aromatic nitrogens is 1. The van der Waals surface area contributed by atoms with Crippen LogP contribution in [0.4, 0.5) is 10.2 Å². The highest BCUT2D eigenvalue weighted by atomic mass is 35.5. The van der Waals surface area contributed by atoms with Crippen molar-refractivity contribution in [3.8, 4) is 0 Å². The summed E-state index contributed by atoms with van der Waals surface area (Å²) in [7, 11) is 0. The van der Waals surface area contributed by atoms with Gasteiger partial charge in [-0.2, -0.15) is 0 Å². The first-order valence-electron chi connectivity index (χ1n) is 3.29. The van der Waals surface area contributed by atoms with Crippen molar-refractivity contribution in [2.24, 2.45) is 0 Å². The summed E-state index contributed by atoms with van der Waals surface area (Å²) < 4.78 is 12.6. The molecule has 11 heavy (non-hydrogen) atoms. The van der Waals surface area contributed by atoms with Gasteiger partial charge in [-0.25, -0.2) is 9.37 Å². The summed E-state index contributed by atoms with van der Waals surface area (Å²) in [5.41, 5.74) is 0. The SMILES string of the molecule is CCNc1cc(F)cc(Cl)n1. The summed E-state index contributed by atoms with van der Waals surface area (Å²) in [6.07, 6.45) is 0. The van der Waals surface area contributed by atoms with Crippen LogP contribution >= 0.6 is 11.6 Å². The number of hydrogen-bond acceptors (Lipinski definition) is 2. The van der Waals surface area contributed by atoms with E-state index in [1.54, 1.807) is 0 Å². The van der Waals surface area contributed by atoms with Crippen LogP contribution in [0.3, 0.4) is 0 Å². The average Bonchev–Trinajstić information content (AvgIpc) is 1.85. The third kappa shape index (κ3) is 2.35. The molecule has 0 saturated carbocycles. The third-order valence-electron chi connectivity index (χ3n) is 1.12. The first-order valence-corrected chi connectivity index (χ1v) is 3.67. The number of nitrogens with zero attached hydrogens (tertiary/aromatic N) is 1. The lowest BCUT2D eigenvalue weighted by Crippen LogP contribution is -1.99. The number of halogens is 2. The van der Waals surface area contributed by atoms with Gasteiger partial charge in [-0.3, -0.25) is 0 Å². The van der Waals surface area contributed by atoms with Gasteiger partial charge in [0.2, 0.25) is 0 Å². The van der Waals surface area contributed by atoms with Gasteiger partial charge in [-0.1, -0.05) is 11.6 Å². The van der Waals surface area contributed by atoms with Crippen LogP contribution < -0.4 is 5.32 Å². The molecule has 0 fully saturated rings. The van der Waals surface area contributed by atoms with E-state index < -0.39 is 0 Å². The molecule has 0 bridgehead atoms. The lowest BCUT2D eigenvalue weighted by molar-refractivity contribution is 0.626. The van der Waals surface area contributed by atoms with Gasteiger partial charge in [0.15, 0.2) is 0 Å². The van der Waals surface area contributed by atoms with Crippen LogP contribution in [-0.4, -0.2) is 11.5 Å². The van der Waals surface area contributed by atoms with E-state index in [4.69, 9.17) is 11.6 Å². The molecule has 1 N–H and O–H groups in total. The maximum atomic E-state index is 12.6. The van der Waals surface area contributed by atoms with Crippen molar-refractivity contribution < 1.29 is 4.39 Å². The monoisotopic (exact) mass is 174 g/mol. The van der Waals surface area contributed by atoms with Crippen LogP contribution in [0.2, 0.25) is 5.15 Å². The second-order valence-corrected chi connectivity index (χ2v) is 2.41. The molecular weight excluding hydrogens is 167 g/mol. The molecule has 1 heterocycles. The number of nitrogens with one attached hydrogen (secondary N) is 1. The van der Waals surface area contributed by atoms with E-state index in [1.165, 1.54) is 12.1 Å². The molecule has 0 unspecified atom stereocenters. The van der Waals surface area contributed by atoms with Crippen LogP contribution in [0.25, 0.3) is 0 Å². The van der Waals surface area contributed by atoms with Crippen molar-refractivity contribution in [1.29, 1.82) is 0 Å². The molecule has 0 aliphatic carbocycles. The zero-order valence-corrected chi connectivity index (χ0v) is 6.82. The first kappa shape index (κ1) is 8.27. The largest absolute Gasteiger partial charge is 0.370 e. The number of pyridine rings is 1. The van der Waals surface area contributed by atoms with Crippen molar-refractivity contribution in [3.63, 3.8) is 0 Å². The predicted octanol–water partition coefficient (Wildman–Crippen LogP) is 2.31. The maximum absolute atomic E-state index is 12.6. The molecule has 0 radical (unpaired) electrons. The summed E-state index contributed by atoms with van der Waals surface area (Å²) in [5, 5.41) is 3.02. The second kappa shape index (κ2) is 3.53. The highest BCUT2D eigenvalue weighted by Crippen LogP contribution is 2.12. The number of anilines is 1. The normalized spacial score (nSPS) is 9.73. The zero-order chi connectivity index (χ0) is 8.27. The van der Waals surface area contributed by atoms with E-state index in [1.807, 2.05) is 6.92 Å². The van der Waals surface area contributed by atoms with Crippen molar-refractivity contribution in [3.05, 3.63) is 23.1 Å². The van der Waals surface area contributed by atoms with E-state index in [2.05, 4.69) is 10.3 Å². The molecule has 0 saturated heterocycles. The van der Waals surface area contributed by atoms with Gasteiger partial charge in [0.25, 0.3) is 0 Å². The van der Waals surface area contributed by atoms with Crippen LogP contribution in [0, 0.1) is 5.82 Å². The fourth-order valence-corrected chi connectivity index (χ4v) is 0.933. The quantitative estimate of drug-likeness (QED) is 0.696. The van der Waals surface area contributed by atoms with E-state index in [0.717, 1.165) is 0 Å². The van der Waals surface area contributed by atoms with Gasteiger partial charge >= 0.3 is 0 Å². The average molecular weight is 175 g/mol. The molecule has 1 aromatic heterocycles. The molecule has 4 heteroatoms. The standard InChI is InChI=1S/C7H8ClFN2/c1-2-10-7-4-5(9)3-6(8)11-7/h3-4H,2H2,1H3,(H,10,11). The highest BCUT2D eigenvalue weighted by Gasteiger charge is 1.97. The Hall–Kier alpha value is -0.830. The summed E-state index contributed by atoms with van der Waals surface area (Å²) in [6, 6.07) is 2.47. The Morgan fingerprint density at radius 3 is 2.91 bits per heavy atom. The molecular formula is C7H8ClFN2. The maximum Gasteiger partial charge on any atom is 0.134 e. The Labute approximate surface area is 69.4 Å². The third-order valence-corrected chi connectivity index (χ3v) is 1.31. The number of rotatable bonds is 2. The smallest absolute Gasteiger partial charge is 0.134 e. The fraction of sp³-hybridized carbons (Fsp3) is 0.286. The summed E-state index contributed by atoms with van der Waals surface area (Å²) in [5.74, 6) is 0.0958. The van der Waals surface area contributed by atoms with Crippen molar-refractivity contribution in [1.82, 2.24) is 4.98 Å². The molecule has 2 nitrogen and oxygen atoms in total. The van der Waals surface area contributed by atoms with Gasteiger partial charge in [-0.05, 0) is 6.92 Å². The molecule has 0 aliphatic rings. The lowest BCUT2D eigenvalue weighted by Gasteiger charge is -2.01. The van der Waals surface area contributed by atoms with E-state index in [9.17, 15) is 4.39 Å². The molecule has 0 atom stereocenters. The van der Waals surface area contributed by atoms with Crippen molar-refractivity contribution >= 4 is 17.4 Å². The van der Waals surface area contributed by atoms with Gasteiger partial charge in [-0.15, -0.1) is 0 Å². The van der Waals surface area contributed by atoms with Crippen LogP contribution in [0.5, 0.6) is 0 Å². The molecule has 60 valence electrons. The topological polar surface area (TPSA) is 24.9 Å². The lowest BCUT2D eigenvalue weighted by atomic mass is 10.4. The van der Waals surface area contributed by atoms with Crippen LogP contribution in [0.1, 0.15) is 6.92 Å². The van der Waals surface area contributed by atoms with Gasteiger partial charge in [0.1, 0.15) is 16.8 Å². The Bertz CT molecular complexity index is 232. The first-order chi connectivity index (χ1) is 5.22. The van der Waals surface area contributed by atoms with Crippen LogP contribution in [0.15, 0.2) is 12.1 Å². The molecule has 1 rings (SSSR count). The molecule has 0 aliphatic heterocycles. The van der Waals surface area contributed by atoms with Gasteiger partial charge in [0.05, 0.1) is 0 Å². The minimum atomic E-state index is -0.374. The Morgan fingerprint density at radius 2 is 2.36 bits per heavy atom. The minimum absolute atomic E-state index is 0.168. The second-order valence-electron chi connectivity index (χ2n) is 2.02. The summed E-state index contributed by atoms with van der Waals surface area (Å²) in [4.78, 5) is 3.84. The minimum Gasteiger partial charge on any atom is -0.370 e. The molecule has 1 aromatic rings. The summed E-state index contributed by atoms with van der Waals surface area (Å²) in [6.45, 7) is 2.60. The predicted molar refractivity (Wildman–Crippen MR) is 43.4 cm³/mol. The summed E-state index contributed by atoms with van der Waals surface area (Å²) >= 11 is 5.49. The van der Waals surface area contributed by atoms with Crippen LogP contribution in [-0.2, 0) is 0 Å². The van der Waals surface area contributed by atoms with Gasteiger partial charge in [0, 0.05) is 18.7 Å². The number of hydrogen-bond donors (Lipinski definition) is 1. The highest BCUT2D eigenvalue weighted by molar-refractivity contribution is 6.29. The Balaban J connectivity index is 2.89.